The van der Waals surface area contributed by atoms with Gasteiger partial charge < -0.3 is 15.2 Å². The number of rotatable bonds is 8. The first-order chi connectivity index (χ1) is 15.9. The zero-order chi connectivity index (χ0) is 23.4. The zero-order valence-corrected chi connectivity index (χ0v) is 20.3. The lowest BCUT2D eigenvalue weighted by Crippen LogP contribution is -2.55. The molecule has 1 saturated heterocycles. The van der Waals surface area contributed by atoms with E-state index in [0.717, 1.165) is 46.3 Å². The van der Waals surface area contributed by atoms with E-state index < -0.39 is 6.10 Å². The van der Waals surface area contributed by atoms with E-state index >= 15 is 0 Å². The Bertz CT molecular complexity index is 1080. The molecule has 0 saturated carbocycles. The van der Waals surface area contributed by atoms with Crippen LogP contribution in [-0.4, -0.2) is 77.3 Å². The lowest BCUT2D eigenvalue weighted by Gasteiger charge is -2.40. The monoisotopic (exact) mass is 468 g/mol. The molecule has 0 bridgehead atoms. The predicted molar refractivity (Wildman–Crippen MR) is 133 cm³/mol. The van der Waals surface area contributed by atoms with E-state index in [0.29, 0.717) is 13.1 Å². The second-order valence-corrected chi connectivity index (χ2v) is 10.1. The van der Waals surface area contributed by atoms with Crippen molar-refractivity contribution >= 4 is 33.1 Å². The number of hydrogen-bond acceptors (Lipinski definition) is 7. The maximum Gasteiger partial charge on any atom is 0.238 e. The number of thiazole rings is 1. The summed E-state index contributed by atoms with van der Waals surface area (Å²) in [6.45, 7) is 9.69. The van der Waals surface area contributed by atoms with E-state index in [1.165, 1.54) is 5.56 Å². The summed E-state index contributed by atoms with van der Waals surface area (Å²) in [5, 5.41) is 14.5. The highest BCUT2D eigenvalue weighted by atomic mass is 32.1. The first-order valence-corrected chi connectivity index (χ1v) is 12.2. The number of hydrogen-bond donors (Lipinski definition) is 2. The van der Waals surface area contributed by atoms with Crippen LogP contribution in [0.15, 0.2) is 42.5 Å². The lowest BCUT2D eigenvalue weighted by molar-refractivity contribution is -0.118. The molecule has 176 valence electrons. The van der Waals surface area contributed by atoms with Crippen LogP contribution in [0.3, 0.4) is 0 Å². The molecular weight excluding hydrogens is 436 g/mol. The molecule has 1 fully saturated rings. The van der Waals surface area contributed by atoms with Gasteiger partial charge in [-0.2, -0.15) is 0 Å². The normalized spacial score (nSPS) is 18.4. The Morgan fingerprint density at radius 3 is 2.79 bits per heavy atom. The van der Waals surface area contributed by atoms with Crippen molar-refractivity contribution in [1.82, 2.24) is 14.8 Å². The van der Waals surface area contributed by atoms with Crippen molar-refractivity contribution in [3.05, 3.63) is 53.0 Å². The number of fused-ring (bicyclic) bond motifs is 1. The summed E-state index contributed by atoms with van der Waals surface area (Å²) in [5.41, 5.74) is 2.92. The SMILES string of the molecule is Cc1ccc(NC(=O)CN2CCN(CC(O)COc3ccc4sc(C)nc4c3)C(C)C2)cc1. The minimum atomic E-state index is -0.586. The number of piperazine rings is 1. The first kappa shape index (κ1) is 23.6. The van der Waals surface area contributed by atoms with E-state index in [1.54, 1.807) is 11.3 Å². The topological polar surface area (TPSA) is 77.9 Å². The fraction of sp³-hybridized carbons (Fsp3) is 0.440. The molecule has 3 aromatic rings. The molecule has 0 aliphatic carbocycles. The van der Waals surface area contributed by atoms with Crippen LogP contribution in [0.5, 0.6) is 5.75 Å². The van der Waals surface area contributed by atoms with Gasteiger partial charge >= 0.3 is 0 Å². The zero-order valence-electron chi connectivity index (χ0n) is 19.5. The number of amides is 1. The average molecular weight is 469 g/mol. The molecule has 1 aliphatic heterocycles. The van der Waals surface area contributed by atoms with Gasteiger partial charge in [0.25, 0.3) is 0 Å². The summed E-state index contributed by atoms with van der Waals surface area (Å²) in [4.78, 5) is 21.3. The predicted octanol–water partition coefficient (Wildman–Crippen LogP) is 3.30. The van der Waals surface area contributed by atoms with Crippen LogP contribution in [0.25, 0.3) is 10.2 Å². The number of carbonyl (C=O) groups excluding carboxylic acids is 1. The van der Waals surface area contributed by atoms with Gasteiger partial charge in [-0.15, -0.1) is 11.3 Å². The largest absolute Gasteiger partial charge is 0.491 e. The Balaban J connectivity index is 1.20. The first-order valence-electron chi connectivity index (χ1n) is 11.4. The van der Waals surface area contributed by atoms with Crippen molar-refractivity contribution in [2.75, 3.05) is 44.6 Å². The van der Waals surface area contributed by atoms with Gasteiger partial charge in [0.05, 0.1) is 21.8 Å². The van der Waals surface area contributed by atoms with Crippen LogP contribution < -0.4 is 10.1 Å². The van der Waals surface area contributed by atoms with Gasteiger partial charge in [-0.05, 0) is 45.0 Å². The van der Waals surface area contributed by atoms with Gasteiger partial charge in [0.15, 0.2) is 0 Å². The van der Waals surface area contributed by atoms with E-state index in [2.05, 4.69) is 27.0 Å². The Morgan fingerprint density at radius 1 is 1.24 bits per heavy atom. The van der Waals surface area contributed by atoms with E-state index in [1.807, 2.05) is 56.3 Å². The number of β-amino-alcohol motifs (C(OH)–C–C–N with tert-alkyl or cyclic N) is 1. The molecule has 33 heavy (non-hydrogen) atoms. The number of aromatic nitrogens is 1. The highest BCUT2D eigenvalue weighted by Crippen LogP contribution is 2.25. The maximum atomic E-state index is 12.4. The summed E-state index contributed by atoms with van der Waals surface area (Å²) in [6.07, 6.45) is -0.586. The molecule has 2 atom stereocenters. The molecular formula is C25H32N4O3S. The second-order valence-electron chi connectivity index (χ2n) is 8.82. The molecule has 7 nitrogen and oxygen atoms in total. The number of nitrogens with one attached hydrogen (secondary N) is 1. The molecule has 0 radical (unpaired) electrons. The van der Waals surface area contributed by atoms with Crippen LogP contribution in [0.4, 0.5) is 5.69 Å². The van der Waals surface area contributed by atoms with Crippen molar-refractivity contribution in [2.45, 2.75) is 32.9 Å². The fourth-order valence-electron chi connectivity index (χ4n) is 4.15. The van der Waals surface area contributed by atoms with Crippen LogP contribution in [0.2, 0.25) is 0 Å². The van der Waals surface area contributed by atoms with Crippen molar-refractivity contribution < 1.29 is 14.6 Å². The van der Waals surface area contributed by atoms with Crippen molar-refractivity contribution in [2.24, 2.45) is 0 Å². The highest BCUT2D eigenvalue weighted by Gasteiger charge is 2.26. The molecule has 1 aromatic heterocycles. The van der Waals surface area contributed by atoms with Gasteiger partial charge in [0.2, 0.25) is 5.91 Å². The van der Waals surface area contributed by atoms with E-state index in [-0.39, 0.29) is 18.6 Å². The highest BCUT2D eigenvalue weighted by molar-refractivity contribution is 7.18. The molecule has 2 N–H and O–H groups in total. The number of aryl methyl sites for hydroxylation is 2. The van der Waals surface area contributed by atoms with Crippen LogP contribution in [-0.2, 0) is 4.79 Å². The summed E-state index contributed by atoms with van der Waals surface area (Å²) < 4.78 is 6.96. The van der Waals surface area contributed by atoms with Crippen LogP contribution in [0, 0.1) is 13.8 Å². The van der Waals surface area contributed by atoms with Gasteiger partial charge in [0.1, 0.15) is 18.5 Å². The summed E-state index contributed by atoms with van der Waals surface area (Å²) in [7, 11) is 0. The quantitative estimate of drug-likeness (QED) is 0.528. The Kier molecular flexibility index (Phi) is 7.60. The lowest BCUT2D eigenvalue weighted by atomic mass is 10.1. The molecule has 2 heterocycles. The summed E-state index contributed by atoms with van der Waals surface area (Å²) >= 11 is 1.66. The Labute approximate surface area is 199 Å². The third kappa shape index (κ3) is 6.51. The summed E-state index contributed by atoms with van der Waals surface area (Å²) in [5.74, 6) is 0.726. The number of aliphatic hydroxyl groups is 1. The van der Waals surface area contributed by atoms with Gasteiger partial charge in [0, 0.05) is 44.0 Å². The number of carbonyl (C=O) groups is 1. The maximum absolute atomic E-state index is 12.4. The second kappa shape index (κ2) is 10.6. The van der Waals surface area contributed by atoms with E-state index in [4.69, 9.17) is 4.74 Å². The minimum absolute atomic E-state index is 0.000197. The Morgan fingerprint density at radius 2 is 2.03 bits per heavy atom. The number of anilines is 1. The Hall–Kier alpha value is -2.52. The third-order valence-electron chi connectivity index (χ3n) is 5.91. The molecule has 2 unspecified atom stereocenters. The third-order valence-corrected chi connectivity index (χ3v) is 6.86. The molecule has 1 amide bonds. The van der Waals surface area contributed by atoms with Crippen molar-refractivity contribution in [3.63, 3.8) is 0 Å². The van der Waals surface area contributed by atoms with Gasteiger partial charge in [-0.25, -0.2) is 4.98 Å². The van der Waals surface area contributed by atoms with Crippen LogP contribution in [0.1, 0.15) is 17.5 Å². The standard InChI is InChI=1S/C25H32N4O3S/c1-17-4-6-20(7-5-17)27-25(31)15-28-10-11-29(18(2)13-28)14-21(30)16-32-22-8-9-24-23(12-22)26-19(3)33-24/h4-9,12,18,21,30H,10-11,13-16H2,1-3H3,(H,27,31). The fourth-order valence-corrected chi connectivity index (χ4v) is 4.96. The molecule has 4 rings (SSSR count). The van der Waals surface area contributed by atoms with Crippen LogP contribution >= 0.6 is 11.3 Å². The number of benzene rings is 2. The molecule has 2 aromatic carbocycles. The minimum Gasteiger partial charge on any atom is -0.491 e. The molecule has 8 heteroatoms. The molecule has 0 spiro atoms. The van der Waals surface area contributed by atoms with Gasteiger partial charge in [-0.3, -0.25) is 14.6 Å². The number of aliphatic hydroxyl groups excluding tert-OH is 1. The smallest absolute Gasteiger partial charge is 0.238 e. The molecule has 1 aliphatic rings. The average Bonchev–Trinajstić information content (AvgIpc) is 3.15. The van der Waals surface area contributed by atoms with Gasteiger partial charge in [-0.1, -0.05) is 17.7 Å². The van der Waals surface area contributed by atoms with E-state index in [9.17, 15) is 9.90 Å². The van der Waals surface area contributed by atoms with Crippen molar-refractivity contribution in [3.8, 4) is 5.75 Å². The number of ether oxygens (including phenoxy) is 1. The van der Waals surface area contributed by atoms with Crippen molar-refractivity contribution in [1.29, 1.82) is 0 Å². The number of nitrogens with zero attached hydrogens (tertiary/aromatic N) is 3. The summed E-state index contributed by atoms with van der Waals surface area (Å²) in [6, 6.07) is 13.9.